The van der Waals surface area contributed by atoms with Crippen molar-refractivity contribution in [1.82, 2.24) is 0 Å². The van der Waals surface area contributed by atoms with E-state index in [9.17, 15) is 4.79 Å². The molecule has 0 radical (unpaired) electrons. The normalized spacial score (nSPS) is 10.5. The third-order valence-electron chi connectivity index (χ3n) is 1.60. The lowest BCUT2D eigenvalue weighted by molar-refractivity contribution is -0.107. The molecule has 0 aromatic heterocycles. The van der Waals surface area contributed by atoms with Gasteiger partial charge in [-0.15, -0.1) is 0 Å². The highest BCUT2D eigenvalue weighted by atomic mass is 16.3. The van der Waals surface area contributed by atoms with Crippen LogP contribution in [0, 0.1) is 0 Å². The molecule has 0 aliphatic heterocycles. The maximum absolute atomic E-state index is 10.0. The molecular weight excluding hydrogens is 166 g/mol. The average molecular weight is 177 g/mol. The van der Waals surface area contributed by atoms with Gasteiger partial charge in [-0.2, -0.15) is 0 Å². The zero-order valence-electron chi connectivity index (χ0n) is 7.10. The van der Waals surface area contributed by atoms with Crippen LogP contribution in [0.5, 0.6) is 5.75 Å². The van der Waals surface area contributed by atoms with Crippen LogP contribution in [0.2, 0.25) is 0 Å². The lowest BCUT2D eigenvalue weighted by Gasteiger charge is -1.99. The molecule has 0 saturated carbocycles. The van der Waals surface area contributed by atoms with E-state index in [1.807, 2.05) is 0 Å². The molecule has 0 unspecified atom stereocenters. The molecule has 3 N–H and O–H groups in total. The van der Waals surface area contributed by atoms with Crippen molar-refractivity contribution >= 4 is 18.0 Å². The van der Waals surface area contributed by atoms with Gasteiger partial charge in [0.2, 0.25) is 0 Å². The second-order valence-electron chi connectivity index (χ2n) is 2.62. The largest absolute Gasteiger partial charge is 0.508 e. The Labute approximate surface area is 76.5 Å². The van der Waals surface area contributed by atoms with E-state index in [0.29, 0.717) is 12.1 Å². The molecule has 1 aromatic rings. The molecule has 0 fully saturated rings. The first kappa shape index (κ1) is 9.32. The number of benzene rings is 1. The van der Waals surface area contributed by atoms with Crippen LogP contribution in [0.15, 0.2) is 24.3 Å². The Bertz CT molecular complexity index is 332. The molecule has 0 bridgehead atoms. The first-order chi connectivity index (χ1) is 6.24. The van der Waals surface area contributed by atoms with Crippen LogP contribution in [0.1, 0.15) is 12.0 Å². The van der Waals surface area contributed by atoms with Gasteiger partial charge in [-0.3, -0.25) is 0 Å². The number of phenolic OH excluding ortho intramolecular Hbond substituents is 1. The molecule has 3 nitrogen and oxygen atoms in total. The van der Waals surface area contributed by atoms with Gasteiger partial charge in [-0.05, 0) is 17.7 Å². The smallest absolute Gasteiger partial charge is 0.123 e. The van der Waals surface area contributed by atoms with Gasteiger partial charge in [-0.25, -0.2) is 0 Å². The number of anilines is 1. The summed E-state index contributed by atoms with van der Waals surface area (Å²) in [7, 11) is 0. The van der Waals surface area contributed by atoms with E-state index in [4.69, 9.17) is 10.8 Å². The summed E-state index contributed by atoms with van der Waals surface area (Å²) in [5.74, 6) is 0.144. The van der Waals surface area contributed by atoms with Gasteiger partial charge in [0.25, 0.3) is 0 Å². The zero-order chi connectivity index (χ0) is 9.68. The molecule has 0 spiro atoms. The monoisotopic (exact) mass is 177 g/mol. The number of aromatic hydroxyl groups is 1. The van der Waals surface area contributed by atoms with E-state index >= 15 is 0 Å². The van der Waals surface area contributed by atoms with Gasteiger partial charge in [-0.1, -0.05) is 12.2 Å². The van der Waals surface area contributed by atoms with Crippen molar-refractivity contribution in [2.75, 3.05) is 5.73 Å². The van der Waals surface area contributed by atoms with Crippen LogP contribution in [-0.4, -0.2) is 11.4 Å². The number of carbonyl (C=O) groups excluding carboxylic acids is 1. The molecule has 0 atom stereocenters. The van der Waals surface area contributed by atoms with Crippen LogP contribution in [0.4, 0.5) is 5.69 Å². The maximum atomic E-state index is 10.0. The lowest BCUT2D eigenvalue weighted by atomic mass is 10.1. The average Bonchev–Trinajstić information content (AvgIpc) is 2.09. The van der Waals surface area contributed by atoms with Crippen molar-refractivity contribution in [3.8, 4) is 5.75 Å². The van der Waals surface area contributed by atoms with Crippen molar-refractivity contribution in [3.05, 3.63) is 29.8 Å². The summed E-state index contributed by atoms with van der Waals surface area (Å²) in [6, 6.07) is 4.73. The van der Waals surface area contributed by atoms with Gasteiger partial charge in [0.15, 0.2) is 0 Å². The Balaban J connectivity index is 2.83. The second kappa shape index (κ2) is 4.30. The van der Waals surface area contributed by atoms with Crippen molar-refractivity contribution in [1.29, 1.82) is 0 Å². The molecule has 0 saturated heterocycles. The molecule has 0 amide bonds. The molecule has 1 aromatic carbocycles. The number of aldehydes is 1. The highest BCUT2D eigenvalue weighted by molar-refractivity contribution is 5.67. The Kier molecular flexibility index (Phi) is 3.09. The molecule has 0 heterocycles. The summed E-state index contributed by atoms with van der Waals surface area (Å²) in [5, 5.41) is 9.05. The zero-order valence-corrected chi connectivity index (χ0v) is 7.10. The van der Waals surface area contributed by atoms with Gasteiger partial charge in [0, 0.05) is 18.2 Å². The van der Waals surface area contributed by atoms with Gasteiger partial charge in [0.1, 0.15) is 12.0 Å². The summed E-state index contributed by atoms with van der Waals surface area (Å²) in [5.41, 5.74) is 6.91. The molecule has 13 heavy (non-hydrogen) atoms. The van der Waals surface area contributed by atoms with Crippen molar-refractivity contribution in [2.24, 2.45) is 0 Å². The molecule has 3 heteroatoms. The van der Waals surface area contributed by atoms with Crippen molar-refractivity contribution in [3.63, 3.8) is 0 Å². The van der Waals surface area contributed by atoms with E-state index < -0.39 is 0 Å². The highest BCUT2D eigenvalue weighted by Crippen LogP contribution is 2.19. The molecular formula is C10H11NO2. The molecule has 68 valence electrons. The quantitative estimate of drug-likeness (QED) is 0.544. The fourth-order valence-corrected chi connectivity index (χ4v) is 0.964. The Morgan fingerprint density at radius 3 is 2.85 bits per heavy atom. The number of nitrogens with two attached hydrogens (primary N) is 1. The Morgan fingerprint density at radius 1 is 1.46 bits per heavy atom. The number of carbonyl (C=O) groups is 1. The maximum Gasteiger partial charge on any atom is 0.123 e. The van der Waals surface area contributed by atoms with Gasteiger partial charge in [0.05, 0.1) is 0 Å². The predicted octanol–water partition coefficient (Wildman–Crippen LogP) is 1.58. The minimum Gasteiger partial charge on any atom is -0.508 e. The van der Waals surface area contributed by atoms with Crippen LogP contribution in [-0.2, 0) is 4.79 Å². The molecule has 0 aliphatic carbocycles. The third-order valence-corrected chi connectivity index (χ3v) is 1.60. The van der Waals surface area contributed by atoms with Crippen LogP contribution in [0.3, 0.4) is 0 Å². The number of allylic oxidation sites excluding steroid dienone is 1. The fourth-order valence-electron chi connectivity index (χ4n) is 0.964. The van der Waals surface area contributed by atoms with Crippen LogP contribution >= 0.6 is 0 Å². The number of hydrogen-bond acceptors (Lipinski definition) is 3. The SMILES string of the molecule is Nc1cc(O)ccc1C=CCC=O. The summed E-state index contributed by atoms with van der Waals surface area (Å²) < 4.78 is 0. The number of rotatable bonds is 3. The third kappa shape index (κ3) is 2.63. The Morgan fingerprint density at radius 2 is 2.23 bits per heavy atom. The minimum absolute atomic E-state index is 0.144. The standard InChI is InChI=1S/C10H11NO2/c11-10-7-9(13)5-4-8(10)3-1-2-6-12/h1,3-7,13H,2,11H2. The Hall–Kier alpha value is -1.77. The summed E-state index contributed by atoms with van der Waals surface area (Å²) in [6.45, 7) is 0. The van der Waals surface area contributed by atoms with Gasteiger partial charge >= 0.3 is 0 Å². The predicted molar refractivity (Wildman–Crippen MR) is 52.2 cm³/mol. The summed E-state index contributed by atoms with van der Waals surface area (Å²) in [6.07, 6.45) is 4.66. The first-order valence-electron chi connectivity index (χ1n) is 3.92. The van der Waals surface area contributed by atoms with E-state index in [1.54, 1.807) is 24.3 Å². The van der Waals surface area contributed by atoms with Crippen LogP contribution in [0.25, 0.3) is 6.08 Å². The van der Waals surface area contributed by atoms with E-state index in [0.717, 1.165) is 11.8 Å². The van der Waals surface area contributed by atoms with Crippen molar-refractivity contribution in [2.45, 2.75) is 6.42 Å². The van der Waals surface area contributed by atoms with E-state index in [1.165, 1.54) is 6.07 Å². The van der Waals surface area contributed by atoms with Crippen molar-refractivity contribution < 1.29 is 9.90 Å². The first-order valence-corrected chi connectivity index (χ1v) is 3.92. The van der Waals surface area contributed by atoms with E-state index in [-0.39, 0.29) is 5.75 Å². The second-order valence-corrected chi connectivity index (χ2v) is 2.62. The number of phenols is 1. The lowest BCUT2D eigenvalue weighted by Crippen LogP contribution is -1.87. The highest BCUT2D eigenvalue weighted by Gasteiger charge is 1.95. The summed E-state index contributed by atoms with van der Waals surface area (Å²) in [4.78, 5) is 10.0. The van der Waals surface area contributed by atoms with Gasteiger partial charge < -0.3 is 15.6 Å². The number of nitrogen functional groups attached to an aromatic ring is 1. The van der Waals surface area contributed by atoms with Crippen LogP contribution < -0.4 is 5.73 Å². The molecule has 1 rings (SSSR count). The number of hydrogen-bond donors (Lipinski definition) is 2. The summed E-state index contributed by atoms with van der Waals surface area (Å²) >= 11 is 0. The minimum atomic E-state index is 0.144. The topological polar surface area (TPSA) is 63.3 Å². The van der Waals surface area contributed by atoms with E-state index in [2.05, 4.69) is 0 Å². The molecule has 0 aliphatic rings. The fraction of sp³-hybridized carbons (Fsp3) is 0.100.